The minimum absolute atomic E-state index is 0.0444. The summed E-state index contributed by atoms with van der Waals surface area (Å²) in [7, 11) is 0. The first-order valence-corrected chi connectivity index (χ1v) is 8.37. The molecule has 0 unspecified atom stereocenters. The standard InChI is InChI=1S/C17H27N3O2/c1-14-8-7-11-16(21)20(14)13-6-5-12-18-17(22)19-15-9-3-2-4-10-15/h7-8,11,15H,2-6,9-10,12-13H2,1H3,(H2,18,19,22). The summed E-state index contributed by atoms with van der Waals surface area (Å²) in [6.07, 6.45) is 7.69. The fourth-order valence-electron chi connectivity index (χ4n) is 2.99. The molecule has 5 nitrogen and oxygen atoms in total. The van der Waals surface area contributed by atoms with E-state index in [1.54, 1.807) is 16.7 Å². The summed E-state index contributed by atoms with van der Waals surface area (Å²) >= 11 is 0. The van der Waals surface area contributed by atoms with Crippen molar-refractivity contribution in [1.29, 1.82) is 0 Å². The van der Waals surface area contributed by atoms with E-state index in [4.69, 9.17) is 0 Å². The van der Waals surface area contributed by atoms with Crippen LogP contribution in [0, 0.1) is 6.92 Å². The summed E-state index contributed by atoms with van der Waals surface area (Å²) in [4.78, 5) is 23.5. The van der Waals surface area contributed by atoms with Gasteiger partial charge < -0.3 is 15.2 Å². The molecule has 2 rings (SSSR count). The van der Waals surface area contributed by atoms with E-state index in [0.29, 0.717) is 19.1 Å². The number of pyridine rings is 1. The number of nitrogens with one attached hydrogen (secondary N) is 2. The lowest BCUT2D eigenvalue weighted by atomic mass is 9.96. The Morgan fingerprint density at radius 3 is 2.73 bits per heavy atom. The van der Waals surface area contributed by atoms with Crippen LogP contribution in [-0.4, -0.2) is 23.2 Å². The van der Waals surface area contributed by atoms with E-state index in [2.05, 4.69) is 10.6 Å². The van der Waals surface area contributed by atoms with Crippen molar-refractivity contribution in [3.8, 4) is 0 Å². The van der Waals surface area contributed by atoms with Gasteiger partial charge in [-0.05, 0) is 38.7 Å². The van der Waals surface area contributed by atoms with Gasteiger partial charge in [-0.1, -0.05) is 25.3 Å². The van der Waals surface area contributed by atoms with E-state index in [0.717, 1.165) is 31.4 Å². The van der Waals surface area contributed by atoms with Crippen LogP contribution in [0.15, 0.2) is 23.0 Å². The molecule has 0 aromatic carbocycles. The molecule has 1 heterocycles. The van der Waals surface area contributed by atoms with Crippen LogP contribution in [-0.2, 0) is 6.54 Å². The van der Waals surface area contributed by atoms with Crippen molar-refractivity contribution >= 4 is 6.03 Å². The van der Waals surface area contributed by atoms with Crippen LogP contribution >= 0.6 is 0 Å². The fourth-order valence-corrected chi connectivity index (χ4v) is 2.99. The van der Waals surface area contributed by atoms with Gasteiger partial charge in [0.2, 0.25) is 0 Å². The second kappa shape index (κ2) is 8.61. The number of urea groups is 1. The average Bonchev–Trinajstić information content (AvgIpc) is 2.50. The third kappa shape index (κ3) is 5.20. The van der Waals surface area contributed by atoms with Crippen LogP contribution in [0.25, 0.3) is 0 Å². The topological polar surface area (TPSA) is 63.1 Å². The SMILES string of the molecule is Cc1cccc(=O)n1CCCCNC(=O)NC1CCCCC1. The van der Waals surface area contributed by atoms with Gasteiger partial charge in [0.25, 0.3) is 5.56 Å². The predicted molar refractivity (Wildman–Crippen MR) is 88.1 cm³/mol. The number of hydrogen-bond acceptors (Lipinski definition) is 2. The van der Waals surface area contributed by atoms with E-state index in [9.17, 15) is 9.59 Å². The number of rotatable bonds is 6. The lowest BCUT2D eigenvalue weighted by Crippen LogP contribution is -2.43. The van der Waals surface area contributed by atoms with E-state index < -0.39 is 0 Å². The van der Waals surface area contributed by atoms with Crippen LogP contribution < -0.4 is 16.2 Å². The van der Waals surface area contributed by atoms with Crippen LogP contribution in [0.4, 0.5) is 4.79 Å². The van der Waals surface area contributed by atoms with Gasteiger partial charge in [0.15, 0.2) is 0 Å². The summed E-state index contributed by atoms with van der Waals surface area (Å²) in [5, 5.41) is 5.95. The number of unbranched alkanes of at least 4 members (excludes halogenated alkanes) is 1. The molecular weight excluding hydrogens is 278 g/mol. The molecule has 1 aliphatic carbocycles. The summed E-state index contributed by atoms with van der Waals surface area (Å²) in [6, 6.07) is 5.60. The molecule has 0 radical (unpaired) electrons. The van der Waals surface area contributed by atoms with E-state index in [-0.39, 0.29) is 11.6 Å². The molecule has 1 fully saturated rings. The zero-order valence-electron chi connectivity index (χ0n) is 13.4. The highest BCUT2D eigenvalue weighted by Crippen LogP contribution is 2.17. The van der Waals surface area contributed by atoms with Crippen LogP contribution in [0.1, 0.15) is 50.6 Å². The summed E-state index contributed by atoms with van der Waals surface area (Å²) in [5.41, 5.74) is 1.03. The molecule has 22 heavy (non-hydrogen) atoms. The minimum atomic E-state index is -0.0556. The van der Waals surface area contributed by atoms with Crippen molar-refractivity contribution in [2.45, 2.75) is 64.5 Å². The number of hydrogen-bond donors (Lipinski definition) is 2. The normalized spacial score (nSPS) is 15.5. The molecule has 1 saturated carbocycles. The Morgan fingerprint density at radius 2 is 2.00 bits per heavy atom. The van der Waals surface area contributed by atoms with Crippen molar-refractivity contribution in [1.82, 2.24) is 15.2 Å². The van der Waals surface area contributed by atoms with Gasteiger partial charge in [0.1, 0.15) is 0 Å². The van der Waals surface area contributed by atoms with Gasteiger partial charge in [-0.3, -0.25) is 4.79 Å². The molecule has 0 bridgehead atoms. The lowest BCUT2D eigenvalue weighted by molar-refractivity contribution is 0.232. The zero-order valence-corrected chi connectivity index (χ0v) is 13.4. The monoisotopic (exact) mass is 305 g/mol. The Kier molecular flexibility index (Phi) is 6.49. The molecule has 2 amide bonds. The van der Waals surface area contributed by atoms with Crippen molar-refractivity contribution in [2.24, 2.45) is 0 Å². The van der Waals surface area contributed by atoms with Crippen LogP contribution in [0.3, 0.4) is 0 Å². The Balaban J connectivity index is 1.60. The highest BCUT2D eigenvalue weighted by molar-refractivity contribution is 5.74. The van der Waals surface area contributed by atoms with Gasteiger partial charge in [-0.25, -0.2) is 4.79 Å². The Morgan fingerprint density at radius 1 is 1.23 bits per heavy atom. The lowest BCUT2D eigenvalue weighted by Gasteiger charge is -2.22. The van der Waals surface area contributed by atoms with E-state index in [1.165, 1.54) is 19.3 Å². The maximum Gasteiger partial charge on any atom is 0.315 e. The molecule has 0 aliphatic heterocycles. The largest absolute Gasteiger partial charge is 0.338 e. The summed E-state index contributed by atoms with van der Waals surface area (Å²) in [5.74, 6) is 0. The van der Waals surface area contributed by atoms with Gasteiger partial charge in [-0.15, -0.1) is 0 Å². The zero-order chi connectivity index (χ0) is 15.8. The van der Waals surface area contributed by atoms with Crippen molar-refractivity contribution < 1.29 is 4.79 Å². The van der Waals surface area contributed by atoms with Crippen molar-refractivity contribution in [2.75, 3.05) is 6.54 Å². The third-order valence-electron chi connectivity index (χ3n) is 4.30. The van der Waals surface area contributed by atoms with Crippen molar-refractivity contribution in [3.63, 3.8) is 0 Å². The molecule has 0 saturated heterocycles. The average molecular weight is 305 g/mol. The molecular formula is C17H27N3O2. The maximum atomic E-state index is 11.8. The van der Waals surface area contributed by atoms with Gasteiger partial charge in [0.05, 0.1) is 0 Å². The van der Waals surface area contributed by atoms with Crippen LogP contribution in [0.5, 0.6) is 0 Å². The Hall–Kier alpha value is -1.78. The number of nitrogens with zero attached hydrogens (tertiary/aromatic N) is 1. The third-order valence-corrected chi connectivity index (χ3v) is 4.30. The first-order chi connectivity index (χ1) is 10.7. The first-order valence-electron chi connectivity index (χ1n) is 8.37. The van der Waals surface area contributed by atoms with E-state index >= 15 is 0 Å². The fraction of sp³-hybridized carbons (Fsp3) is 0.647. The number of aromatic nitrogens is 1. The molecule has 0 spiro atoms. The van der Waals surface area contributed by atoms with Gasteiger partial charge in [-0.2, -0.15) is 0 Å². The maximum absolute atomic E-state index is 11.8. The first kappa shape index (κ1) is 16.6. The van der Waals surface area contributed by atoms with Gasteiger partial charge >= 0.3 is 6.03 Å². The highest BCUT2D eigenvalue weighted by Gasteiger charge is 2.14. The van der Waals surface area contributed by atoms with Crippen molar-refractivity contribution in [3.05, 3.63) is 34.2 Å². The molecule has 0 atom stereocenters. The molecule has 1 aromatic heterocycles. The van der Waals surface area contributed by atoms with E-state index in [1.807, 2.05) is 13.0 Å². The summed E-state index contributed by atoms with van der Waals surface area (Å²) in [6.45, 7) is 3.30. The second-order valence-electron chi connectivity index (χ2n) is 6.10. The molecule has 2 N–H and O–H groups in total. The second-order valence-corrected chi connectivity index (χ2v) is 6.10. The molecule has 122 valence electrons. The highest BCUT2D eigenvalue weighted by atomic mass is 16.2. The number of aryl methyl sites for hydroxylation is 1. The minimum Gasteiger partial charge on any atom is -0.338 e. The Bertz CT molecular complexity index is 533. The molecule has 5 heteroatoms. The van der Waals surface area contributed by atoms with Crippen LogP contribution in [0.2, 0.25) is 0 Å². The predicted octanol–water partition coefficient (Wildman–Crippen LogP) is 2.57. The Labute approximate surface area is 132 Å². The molecule has 1 aliphatic rings. The number of amides is 2. The number of carbonyl (C=O) groups excluding carboxylic acids is 1. The summed E-state index contributed by atoms with van der Waals surface area (Å²) < 4.78 is 1.78. The molecule has 1 aromatic rings. The quantitative estimate of drug-likeness (QED) is 0.793. The number of carbonyl (C=O) groups is 1. The van der Waals surface area contributed by atoms with Gasteiger partial charge in [0, 0.05) is 30.9 Å². The smallest absolute Gasteiger partial charge is 0.315 e.